The molecule has 2 aromatic rings. The number of hydrogen-bond donors (Lipinski definition) is 2. The first-order valence-electron chi connectivity index (χ1n) is 6.30. The zero-order valence-electron chi connectivity index (χ0n) is 12.1. The van der Waals surface area contributed by atoms with E-state index < -0.39 is 0 Å². The summed E-state index contributed by atoms with van der Waals surface area (Å²) in [4.78, 5) is 14.4. The fraction of sp³-hybridized carbons (Fsp3) is 0.214. The van der Waals surface area contributed by atoms with E-state index in [1.165, 1.54) is 10.9 Å². The van der Waals surface area contributed by atoms with Crippen LogP contribution in [0, 0.1) is 0 Å². The third-order valence-electron chi connectivity index (χ3n) is 3.08. The second kappa shape index (κ2) is 5.92. The standard InChI is InChI=1S/C14H17N5OS/c1-18(2)10-6-4-9(5-7-10)14(20)17-13-11(12(15)21)8-16-19(13)3/h4-8H,1-3H3,(H2,15,21)(H,17,20). The monoisotopic (exact) mass is 303 g/mol. The Balaban J connectivity index is 2.22. The summed E-state index contributed by atoms with van der Waals surface area (Å²) in [5.41, 5.74) is 7.74. The molecule has 0 aliphatic rings. The molecule has 21 heavy (non-hydrogen) atoms. The molecule has 2 rings (SSSR count). The predicted molar refractivity (Wildman–Crippen MR) is 87.8 cm³/mol. The molecule has 0 unspecified atom stereocenters. The largest absolute Gasteiger partial charge is 0.389 e. The van der Waals surface area contributed by atoms with Crippen molar-refractivity contribution >= 4 is 34.6 Å². The third kappa shape index (κ3) is 3.19. The Morgan fingerprint density at radius 2 is 1.95 bits per heavy atom. The van der Waals surface area contributed by atoms with Crippen LogP contribution >= 0.6 is 12.2 Å². The molecular weight excluding hydrogens is 286 g/mol. The van der Waals surface area contributed by atoms with Crippen LogP contribution in [0.2, 0.25) is 0 Å². The average Bonchev–Trinajstić information content (AvgIpc) is 2.80. The Bertz CT molecular complexity index is 675. The molecule has 110 valence electrons. The van der Waals surface area contributed by atoms with E-state index in [0.717, 1.165) is 5.69 Å². The summed E-state index contributed by atoms with van der Waals surface area (Å²) in [6.45, 7) is 0. The van der Waals surface area contributed by atoms with E-state index in [-0.39, 0.29) is 10.9 Å². The van der Waals surface area contributed by atoms with Gasteiger partial charge in [-0.25, -0.2) is 0 Å². The maximum absolute atomic E-state index is 12.3. The number of thiocarbonyl (C=S) groups is 1. The highest BCUT2D eigenvalue weighted by Gasteiger charge is 2.15. The second-order valence-corrected chi connectivity index (χ2v) is 5.23. The summed E-state index contributed by atoms with van der Waals surface area (Å²) in [6.07, 6.45) is 1.53. The Hall–Kier alpha value is -2.41. The molecule has 0 saturated heterocycles. The summed E-state index contributed by atoms with van der Waals surface area (Å²) in [5.74, 6) is 0.255. The van der Waals surface area contributed by atoms with Crippen molar-refractivity contribution in [3.05, 3.63) is 41.6 Å². The summed E-state index contributed by atoms with van der Waals surface area (Å²) >= 11 is 4.95. The third-order valence-corrected chi connectivity index (χ3v) is 3.30. The topological polar surface area (TPSA) is 76.2 Å². The number of benzene rings is 1. The van der Waals surface area contributed by atoms with Crippen LogP contribution in [0.15, 0.2) is 30.5 Å². The van der Waals surface area contributed by atoms with Crippen LogP contribution in [-0.4, -0.2) is 34.8 Å². The van der Waals surface area contributed by atoms with Crippen molar-refractivity contribution in [3.63, 3.8) is 0 Å². The van der Waals surface area contributed by atoms with Gasteiger partial charge < -0.3 is 16.0 Å². The summed E-state index contributed by atoms with van der Waals surface area (Å²) in [5, 5.41) is 6.84. The fourth-order valence-electron chi connectivity index (χ4n) is 1.86. The lowest BCUT2D eigenvalue weighted by molar-refractivity contribution is 0.102. The van der Waals surface area contributed by atoms with Gasteiger partial charge in [-0.05, 0) is 24.3 Å². The van der Waals surface area contributed by atoms with Gasteiger partial charge in [-0.1, -0.05) is 12.2 Å². The zero-order chi connectivity index (χ0) is 15.6. The van der Waals surface area contributed by atoms with E-state index in [4.69, 9.17) is 18.0 Å². The minimum Gasteiger partial charge on any atom is -0.389 e. The number of carbonyl (C=O) groups excluding carboxylic acids is 1. The van der Waals surface area contributed by atoms with Gasteiger partial charge in [0.05, 0.1) is 11.8 Å². The van der Waals surface area contributed by atoms with Crippen LogP contribution in [0.5, 0.6) is 0 Å². The fourth-order valence-corrected chi connectivity index (χ4v) is 2.01. The van der Waals surface area contributed by atoms with Crippen LogP contribution in [-0.2, 0) is 7.05 Å². The molecule has 0 saturated carbocycles. The van der Waals surface area contributed by atoms with E-state index in [1.54, 1.807) is 19.2 Å². The molecule has 0 spiro atoms. The van der Waals surface area contributed by atoms with Crippen molar-refractivity contribution < 1.29 is 4.79 Å². The van der Waals surface area contributed by atoms with Gasteiger partial charge >= 0.3 is 0 Å². The van der Waals surface area contributed by atoms with Gasteiger partial charge in [-0.15, -0.1) is 0 Å². The number of amides is 1. The van der Waals surface area contributed by atoms with Crippen LogP contribution in [0.4, 0.5) is 11.5 Å². The molecular formula is C14H17N5OS. The first-order valence-corrected chi connectivity index (χ1v) is 6.71. The van der Waals surface area contributed by atoms with Gasteiger partial charge in [0.2, 0.25) is 0 Å². The number of nitrogens with one attached hydrogen (secondary N) is 1. The normalized spacial score (nSPS) is 10.2. The van der Waals surface area contributed by atoms with Crippen LogP contribution in [0.25, 0.3) is 0 Å². The average molecular weight is 303 g/mol. The molecule has 0 atom stereocenters. The molecule has 0 radical (unpaired) electrons. The minimum absolute atomic E-state index is 0.196. The number of nitrogens with two attached hydrogens (primary N) is 1. The van der Waals surface area contributed by atoms with Crippen molar-refractivity contribution in [2.24, 2.45) is 12.8 Å². The Morgan fingerprint density at radius 1 is 1.33 bits per heavy atom. The van der Waals surface area contributed by atoms with Crippen LogP contribution < -0.4 is 16.0 Å². The Morgan fingerprint density at radius 3 is 2.48 bits per heavy atom. The van der Waals surface area contributed by atoms with Gasteiger partial charge in [0.25, 0.3) is 5.91 Å². The van der Waals surface area contributed by atoms with E-state index in [9.17, 15) is 4.79 Å². The zero-order valence-corrected chi connectivity index (χ0v) is 12.9. The molecule has 0 aliphatic heterocycles. The van der Waals surface area contributed by atoms with Crippen molar-refractivity contribution in [2.45, 2.75) is 0 Å². The molecule has 7 heteroatoms. The molecule has 3 N–H and O–H groups in total. The van der Waals surface area contributed by atoms with E-state index in [1.807, 2.05) is 31.1 Å². The number of hydrogen-bond acceptors (Lipinski definition) is 4. The van der Waals surface area contributed by atoms with Gasteiger partial charge in [0.15, 0.2) is 0 Å². The first-order chi connectivity index (χ1) is 9.90. The van der Waals surface area contributed by atoms with Crippen molar-refractivity contribution in [3.8, 4) is 0 Å². The minimum atomic E-state index is -0.235. The van der Waals surface area contributed by atoms with Crippen molar-refractivity contribution in [1.29, 1.82) is 0 Å². The summed E-state index contributed by atoms with van der Waals surface area (Å²) in [6, 6.07) is 7.29. The second-order valence-electron chi connectivity index (χ2n) is 4.79. The molecule has 6 nitrogen and oxygen atoms in total. The van der Waals surface area contributed by atoms with E-state index >= 15 is 0 Å². The molecule has 1 heterocycles. The lowest BCUT2D eigenvalue weighted by Gasteiger charge is -2.13. The molecule has 1 amide bonds. The smallest absolute Gasteiger partial charge is 0.256 e. The van der Waals surface area contributed by atoms with Gasteiger partial charge in [-0.2, -0.15) is 5.10 Å². The lowest BCUT2D eigenvalue weighted by atomic mass is 10.2. The quantitative estimate of drug-likeness (QED) is 0.834. The van der Waals surface area contributed by atoms with E-state index in [2.05, 4.69) is 10.4 Å². The lowest BCUT2D eigenvalue weighted by Crippen LogP contribution is -2.19. The van der Waals surface area contributed by atoms with Crippen molar-refractivity contribution in [1.82, 2.24) is 9.78 Å². The molecule has 1 aromatic heterocycles. The molecule has 1 aromatic carbocycles. The highest BCUT2D eigenvalue weighted by molar-refractivity contribution is 7.80. The summed E-state index contributed by atoms with van der Waals surface area (Å²) < 4.78 is 1.53. The predicted octanol–water partition coefficient (Wildman–Crippen LogP) is 1.37. The SMILES string of the molecule is CN(C)c1ccc(C(=O)Nc2c(C(N)=S)cnn2C)cc1. The Labute approximate surface area is 128 Å². The van der Waals surface area contributed by atoms with Gasteiger partial charge in [-0.3, -0.25) is 9.48 Å². The number of rotatable bonds is 4. The molecule has 0 bridgehead atoms. The number of carbonyl (C=O) groups is 1. The van der Waals surface area contributed by atoms with Gasteiger partial charge in [0, 0.05) is 32.4 Å². The maximum atomic E-state index is 12.3. The number of nitrogens with zero attached hydrogens (tertiary/aromatic N) is 3. The number of anilines is 2. The number of aryl methyl sites for hydroxylation is 1. The number of aromatic nitrogens is 2. The first kappa shape index (κ1) is 15.0. The molecule has 0 fully saturated rings. The molecule has 0 aliphatic carbocycles. The highest BCUT2D eigenvalue weighted by atomic mass is 32.1. The summed E-state index contributed by atoms with van der Waals surface area (Å²) in [7, 11) is 5.60. The van der Waals surface area contributed by atoms with E-state index in [0.29, 0.717) is 16.9 Å². The van der Waals surface area contributed by atoms with Crippen LogP contribution in [0.3, 0.4) is 0 Å². The highest BCUT2D eigenvalue weighted by Crippen LogP contribution is 2.17. The van der Waals surface area contributed by atoms with Crippen molar-refractivity contribution in [2.75, 3.05) is 24.3 Å². The van der Waals surface area contributed by atoms with Gasteiger partial charge in [0.1, 0.15) is 10.8 Å². The Kier molecular flexibility index (Phi) is 4.23. The maximum Gasteiger partial charge on any atom is 0.256 e. The van der Waals surface area contributed by atoms with Crippen LogP contribution in [0.1, 0.15) is 15.9 Å².